The maximum absolute atomic E-state index is 13.6. The summed E-state index contributed by atoms with van der Waals surface area (Å²) in [7, 11) is 0. The molecule has 0 fully saturated rings. The normalized spacial score (nSPS) is 10.1. The summed E-state index contributed by atoms with van der Waals surface area (Å²) in [5.41, 5.74) is 0.446. The Morgan fingerprint density at radius 1 is 1.39 bits per heavy atom. The van der Waals surface area contributed by atoms with Crippen LogP contribution in [0.15, 0.2) is 41.1 Å². The first-order valence-corrected chi connectivity index (χ1v) is 5.77. The number of hydrogen-bond donors (Lipinski definition) is 2. The average molecular weight is 311 g/mol. The van der Waals surface area contributed by atoms with Crippen LogP contribution in [-0.4, -0.2) is 16.1 Å². The van der Waals surface area contributed by atoms with E-state index in [4.69, 9.17) is 5.11 Å². The molecule has 0 spiro atoms. The van der Waals surface area contributed by atoms with Gasteiger partial charge < -0.3 is 10.4 Å². The van der Waals surface area contributed by atoms with Gasteiger partial charge in [0.25, 0.3) is 0 Å². The van der Waals surface area contributed by atoms with Crippen LogP contribution in [-0.2, 0) is 0 Å². The molecule has 0 saturated heterocycles. The summed E-state index contributed by atoms with van der Waals surface area (Å²) in [6, 6.07) is 5.97. The highest BCUT2D eigenvalue weighted by Gasteiger charge is 2.13. The monoisotopic (exact) mass is 310 g/mol. The fourth-order valence-electron chi connectivity index (χ4n) is 1.43. The van der Waals surface area contributed by atoms with Gasteiger partial charge in [-0.25, -0.2) is 9.18 Å². The molecule has 2 N–H and O–H groups in total. The first-order valence-electron chi connectivity index (χ1n) is 4.98. The van der Waals surface area contributed by atoms with Crippen molar-refractivity contribution in [1.82, 2.24) is 4.98 Å². The molecule has 18 heavy (non-hydrogen) atoms. The van der Waals surface area contributed by atoms with Crippen molar-refractivity contribution in [1.29, 1.82) is 0 Å². The van der Waals surface area contributed by atoms with Gasteiger partial charge in [-0.05, 0) is 34.1 Å². The van der Waals surface area contributed by atoms with Crippen molar-refractivity contribution >= 4 is 33.3 Å². The quantitative estimate of drug-likeness (QED) is 0.911. The lowest BCUT2D eigenvalue weighted by atomic mass is 10.2. The predicted octanol–water partition coefficient (Wildman–Crippen LogP) is 3.43. The molecule has 0 aliphatic heterocycles. The van der Waals surface area contributed by atoms with Crippen molar-refractivity contribution in [3.63, 3.8) is 0 Å². The summed E-state index contributed by atoms with van der Waals surface area (Å²) in [4.78, 5) is 14.7. The fourth-order valence-corrected chi connectivity index (χ4v) is 1.87. The number of carboxylic acids is 1. The van der Waals surface area contributed by atoms with Gasteiger partial charge in [-0.1, -0.05) is 6.07 Å². The highest BCUT2D eigenvalue weighted by atomic mass is 79.9. The number of benzene rings is 1. The summed E-state index contributed by atoms with van der Waals surface area (Å²) in [5, 5.41) is 11.7. The lowest BCUT2D eigenvalue weighted by Gasteiger charge is -2.11. The van der Waals surface area contributed by atoms with Crippen LogP contribution in [0.1, 0.15) is 10.4 Å². The summed E-state index contributed by atoms with van der Waals surface area (Å²) in [5.74, 6) is -1.60. The van der Waals surface area contributed by atoms with E-state index >= 15 is 0 Å². The number of nitrogens with one attached hydrogen (secondary N) is 1. The van der Waals surface area contributed by atoms with Gasteiger partial charge in [-0.3, -0.25) is 4.98 Å². The van der Waals surface area contributed by atoms with Crippen molar-refractivity contribution in [2.24, 2.45) is 0 Å². The van der Waals surface area contributed by atoms with Gasteiger partial charge in [0.15, 0.2) is 0 Å². The molecule has 1 aromatic heterocycles. The second-order valence-corrected chi connectivity index (χ2v) is 4.30. The number of para-hydroxylation sites is 1. The number of aromatic carboxylic acids is 1. The SMILES string of the molecule is O=C(O)c1cnccc1Nc1c(F)cccc1Br. The van der Waals surface area contributed by atoms with Crippen molar-refractivity contribution in [2.75, 3.05) is 5.32 Å². The molecule has 1 aromatic carbocycles. The van der Waals surface area contributed by atoms with Crippen LogP contribution in [0, 0.1) is 5.82 Å². The van der Waals surface area contributed by atoms with E-state index in [0.717, 1.165) is 0 Å². The van der Waals surface area contributed by atoms with Crippen LogP contribution in [0.5, 0.6) is 0 Å². The molecule has 0 saturated carbocycles. The first-order chi connectivity index (χ1) is 8.59. The van der Waals surface area contributed by atoms with Crippen LogP contribution < -0.4 is 5.32 Å². The van der Waals surface area contributed by atoms with E-state index in [0.29, 0.717) is 4.47 Å². The molecule has 0 bridgehead atoms. The largest absolute Gasteiger partial charge is 0.478 e. The Morgan fingerprint density at radius 2 is 2.17 bits per heavy atom. The Hall–Kier alpha value is -1.95. The van der Waals surface area contributed by atoms with Crippen molar-refractivity contribution in [3.05, 3.63) is 52.5 Å². The van der Waals surface area contributed by atoms with Crippen LogP contribution >= 0.6 is 15.9 Å². The van der Waals surface area contributed by atoms with Crippen LogP contribution in [0.3, 0.4) is 0 Å². The van der Waals surface area contributed by atoms with Gasteiger partial charge in [-0.15, -0.1) is 0 Å². The number of hydrogen-bond acceptors (Lipinski definition) is 3. The zero-order chi connectivity index (χ0) is 13.1. The molecule has 2 aromatic rings. The fraction of sp³-hybridized carbons (Fsp3) is 0. The Kier molecular flexibility index (Phi) is 3.57. The lowest BCUT2D eigenvalue weighted by molar-refractivity contribution is 0.0697. The van der Waals surface area contributed by atoms with E-state index in [1.54, 1.807) is 12.1 Å². The molecule has 6 heteroatoms. The second kappa shape index (κ2) is 5.14. The topological polar surface area (TPSA) is 62.2 Å². The second-order valence-electron chi connectivity index (χ2n) is 3.45. The minimum Gasteiger partial charge on any atom is -0.478 e. The third-order valence-corrected chi connectivity index (χ3v) is 2.93. The highest BCUT2D eigenvalue weighted by Crippen LogP contribution is 2.29. The van der Waals surface area contributed by atoms with E-state index in [1.165, 1.54) is 24.5 Å². The van der Waals surface area contributed by atoms with Gasteiger partial charge in [0.05, 0.1) is 11.4 Å². The minimum absolute atomic E-state index is 0.0207. The zero-order valence-corrected chi connectivity index (χ0v) is 10.6. The van der Waals surface area contributed by atoms with Gasteiger partial charge in [-0.2, -0.15) is 0 Å². The smallest absolute Gasteiger partial charge is 0.339 e. The molecule has 2 rings (SSSR count). The van der Waals surface area contributed by atoms with Crippen LogP contribution in [0.4, 0.5) is 15.8 Å². The van der Waals surface area contributed by atoms with Gasteiger partial charge >= 0.3 is 5.97 Å². The molecule has 0 unspecified atom stereocenters. The van der Waals surface area contributed by atoms with Crippen LogP contribution in [0.25, 0.3) is 0 Å². The minimum atomic E-state index is -1.13. The molecular formula is C12H8BrFN2O2. The molecular weight excluding hydrogens is 303 g/mol. The van der Waals surface area contributed by atoms with E-state index in [2.05, 4.69) is 26.2 Å². The number of rotatable bonds is 3. The number of aromatic nitrogens is 1. The Labute approximate surface area is 111 Å². The predicted molar refractivity (Wildman–Crippen MR) is 68.6 cm³/mol. The first kappa shape index (κ1) is 12.5. The number of carboxylic acid groups (broad SMARTS) is 1. The average Bonchev–Trinajstić information content (AvgIpc) is 2.34. The number of anilines is 2. The van der Waals surface area contributed by atoms with E-state index < -0.39 is 11.8 Å². The standard InChI is InChI=1S/C12H8BrFN2O2/c13-8-2-1-3-9(14)11(8)16-10-4-5-15-6-7(10)12(17)18/h1-6H,(H,15,16)(H,17,18). The molecule has 1 heterocycles. The van der Waals surface area contributed by atoms with Crippen molar-refractivity contribution in [2.45, 2.75) is 0 Å². The van der Waals surface area contributed by atoms with Crippen LogP contribution in [0.2, 0.25) is 0 Å². The third-order valence-electron chi connectivity index (χ3n) is 2.27. The molecule has 0 aliphatic carbocycles. The highest BCUT2D eigenvalue weighted by molar-refractivity contribution is 9.10. The van der Waals surface area contributed by atoms with Gasteiger partial charge in [0.1, 0.15) is 11.4 Å². The molecule has 0 amide bonds. The Morgan fingerprint density at radius 3 is 2.83 bits per heavy atom. The van der Waals surface area contributed by atoms with E-state index in [9.17, 15) is 9.18 Å². The molecule has 0 atom stereocenters. The van der Waals surface area contributed by atoms with Gasteiger partial charge in [0, 0.05) is 16.9 Å². The van der Waals surface area contributed by atoms with E-state index in [-0.39, 0.29) is 16.9 Å². The van der Waals surface area contributed by atoms with Crippen molar-refractivity contribution < 1.29 is 14.3 Å². The van der Waals surface area contributed by atoms with Crippen molar-refractivity contribution in [3.8, 4) is 0 Å². The number of nitrogens with zero attached hydrogens (tertiary/aromatic N) is 1. The third kappa shape index (κ3) is 2.48. The summed E-state index contributed by atoms with van der Waals surface area (Å²) in [6.45, 7) is 0. The number of halogens is 2. The Balaban J connectivity index is 2.43. The Bertz CT molecular complexity index is 584. The molecule has 0 radical (unpaired) electrons. The maximum Gasteiger partial charge on any atom is 0.339 e. The summed E-state index contributed by atoms with van der Waals surface area (Å²) in [6.07, 6.45) is 2.64. The molecule has 92 valence electrons. The number of carbonyl (C=O) groups is 1. The summed E-state index contributed by atoms with van der Waals surface area (Å²) >= 11 is 3.20. The zero-order valence-electron chi connectivity index (χ0n) is 9.02. The maximum atomic E-state index is 13.6. The van der Waals surface area contributed by atoms with Gasteiger partial charge in [0.2, 0.25) is 0 Å². The summed E-state index contributed by atoms with van der Waals surface area (Å²) < 4.78 is 14.1. The lowest BCUT2D eigenvalue weighted by Crippen LogP contribution is -2.04. The number of pyridine rings is 1. The molecule has 0 aliphatic rings. The molecule has 4 nitrogen and oxygen atoms in total. The van der Waals surface area contributed by atoms with E-state index in [1.807, 2.05) is 0 Å².